The molecule has 18 heavy (non-hydrogen) atoms. The molecular formula is C13H19N3O2. The lowest BCUT2D eigenvalue weighted by Crippen LogP contribution is -2.56. The molecule has 5 nitrogen and oxygen atoms in total. The van der Waals surface area contributed by atoms with E-state index in [1.807, 2.05) is 20.9 Å². The summed E-state index contributed by atoms with van der Waals surface area (Å²) in [5, 5.41) is 3.11. The number of ether oxygens (including phenoxy) is 1. The standard InChI is InChI=1S/C13H19N3O2/c1-13(2,8-15-3)16-10-6-9(14)4-5-11(10)18-7-12(16)17/h4-6,15H,7-8,14H2,1-3H3. The second-order valence-corrected chi connectivity index (χ2v) is 5.09. The van der Waals surface area contributed by atoms with Gasteiger partial charge in [-0.15, -0.1) is 0 Å². The average molecular weight is 249 g/mol. The van der Waals surface area contributed by atoms with Crippen LogP contribution >= 0.6 is 0 Å². The van der Waals surface area contributed by atoms with Gasteiger partial charge in [0, 0.05) is 12.2 Å². The van der Waals surface area contributed by atoms with E-state index in [-0.39, 0.29) is 18.1 Å². The van der Waals surface area contributed by atoms with Gasteiger partial charge in [-0.1, -0.05) is 0 Å². The van der Waals surface area contributed by atoms with Crippen molar-refractivity contribution in [1.82, 2.24) is 5.32 Å². The van der Waals surface area contributed by atoms with Crippen molar-refractivity contribution in [2.45, 2.75) is 19.4 Å². The number of carbonyl (C=O) groups excluding carboxylic acids is 1. The number of anilines is 2. The normalized spacial score (nSPS) is 15.3. The van der Waals surface area contributed by atoms with Crippen molar-refractivity contribution in [3.05, 3.63) is 18.2 Å². The minimum atomic E-state index is -0.335. The predicted octanol–water partition coefficient (Wildman–Crippen LogP) is 0.992. The van der Waals surface area contributed by atoms with Crippen LogP contribution in [0.15, 0.2) is 18.2 Å². The van der Waals surface area contributed by atoms with Gasteiger partial charge in [-0.05, 0) is 39.1 Å². The van der Waals surface area contributed by atoms with E-state index in [0.717, 1.165) is 5.69 Å². The molecule has 0 spiro atoms. The Balaban J connectivity index is 2.47. The van der Waals surface area contributed by atoms with E-state index in [9.17, 15) is 4.79 Å². The summed E-state index contributed by atoms with van der Waals surface area (Å²) in [5.41, 5.74) is 6.83. The number of nitrogen functional groups attached to an aromatic ring is 1. The number of nitrogens with zero attached hydrogens (tertiary/aromatic N) is 1. The van der Waals surface area contributed by atoms with E-state index in [2.05, 4.69) is 5.32 Å². The topological polar surface area (TPSA) is 67.6 Å². The quantitative estimate of drug-likeness (QED) is 0.784. The molecule has 98 valence electrons. The summed E-state index contributed by atoms with van der Waals surface area (Å²) in [5.74, 6) is 0.654. The third-order valence-electron chi connectivity index (χ3n) is 3.04. The highest BCUT2D eigenvalue weighted by Crippen LogP contribution is 2.37. The maximum absolute atomic E-state index is 12.1. The molecule has 1 aromatic rings. The fourth-order valence-corrected chi connectivity index (χ4v) is 2.34. The van der Waals surface area contributed by atoms with Gasteiger partial charge in [0.05, 0.1) is 11.2 Å². The Labute approximate surface area is 107 Å². The molecule has 0 bridgehead atoms. The van der Waals surface area contributed by atoms with E-state index in [4.69, 9.17) is 10.5 Å². The Kier molecular flexibility index (Phi) is 3.17. The third kappa shape index (κ3) is 2.13. The number of fused-ring (bicyclic) bond motifs is 1. The molecule has 0 atom stereocenters. The summed E-state index contributed by atoms with van der Waals surface area (Å²) in [7, 11) is 1.87. The van der Waals surface area contributed by atoms with Crippen LogP contribution in [0.1, 0.15) is 13.8 Å². The van der Waals surface area contributed by atoms with Gasteiger partial charge in [0.25, 0.3) is 5.91 Å². The largest absolute Gasteiger partial charge is 0.482 e. The molecule has 3 N–H and O–H groups in total. The van der Waals surface area contributed by atoms with Crippen LogP contribution in [-0.2, 0) is 4.79 Å². The molecule has 0 fully saturated rings. The Morgan fingerprint density at radius 1 is 1.50 bits per heavy atom. The van der Waals surface area contributed by atoms with Gasteiger partial charge in [0.1, 0.15) is 5.75 Å². The lowest BCUT2D eigenvalue weighted by atomic mass is 10.00. The minimum Gasteiger partial charge on any atom is -0.482 e. The Morgan fingerprint density at radius 2 is 2.22 bits per heavy atom. The van der Waals surface area contributed by atoms with Gasteiger partial charge in [0.15, 0.2) is 6.61 Å². The molecule has 1 aliphatic heterocycles. The van der Waals surface area contributed by atoms with E-state index in [1.165, 1.54) is 0 Å². The maximum Gasteiger partial charge on any atom is 0.265 e. The first-order valence-electron chi connectivity index (χ1n) is 5.96. The molecule has 2 rings (SSSR count). The smallest absolute Gasteiger partial charge is 0.265 e. The molecule has 1 heterocycles. The summed E-state index contributed by atoms with van der Waals surface area (Å²) in [6, 6.07) is 5.36. The molecule has 0 aromatic heterocycles. The fourth-order valence-electron chi connectivity index (χ4n) is 2.34. The van der Waals surface area contributed by atoms with Gasteiger partial charge in [0.2, 0.25) is 0 Å². The lowest BCUT2D eigenvalue weighted by Gasteiger charge is -2.41. The molecule has 0 aliphatic carbocycles. The molecule has 5 heteroatoms. The van der Waals surface area contributed by atoms with Crippen molar-refractivity contribution >= 4 is 17.3 Å². The molecular weight excluding hydrogens is 230 g/mol. The van der Waals surface area contributed by atoms with Crippen molar-refractivity contribution < 1.29 is 9.53 Å². The van der Waals surface area contributed by atoms with Crippen LogP contribution in [0, 0.1) is 0 Å². The van der Waals surface area contributed by atoms with E-state index < -0.39 is 0 Å². The minimum absolute atomic E-state index is 0.0478. The molecule has 0 saturated heterocycles. The van der Waals surface area contributed by atoms with Gasteiger partial charge in [-0.3, -0.25) is 9.69 Å². The van der Waals surface area contributed by atoms with Crippen molar-refractivity contribution in [3.8, 4) is 5.75 Å². The fraction of sp³-hybridized carbons (Fsp3) is 0.462. The Bertz CT molecular complexity index is 471. The SMILES string of the molecule is CNCC(C)(C)N1C(=O)COc2ccc(N)cc21. The van der Waals surface area contributed by atoms with Crippen LogP contribution in [0.2, 0.25) is 0 Å². The van der Waals surface area contributed by atoms with Crippen LogP contribution < -0.4 is 20.7 Å². The van der Waals surface area contributed by atoms with Crippen molar-refractivity contribution in [3.63, 3.8) is 0 Å². The van der Waals surface area contributed by atoms with Crippen molar-refractivity contribution in [1.29, 1.82) is 0 Å². The van der Waals surface area contributed by atoms with E-state index >= 15 is 0 Å². The number of rotatable bonds is 3. The van der Waals surface area contributed by atoms with Gasteiger partial charge in [-0.25, -0.2) is 0 Å². The maximum atomic E-state index is 12.1. The first-order valence-corrected chi connectivity index (χ1v) is 5.96. The van der Waals surface area contributed by atoms with Crippen LogP contribution in [0.3, 0.4) is 0 Å². The first-order chi connectivity index (χ1) is 8.45. The van der Waals surface area contributed by atoms with Crippen molar-refractivity contribution in [2.24, 2.45) is 0 Å². The van der Waals surface area contributed by atoms with Crippen LogP contribution in [0.5, 0.6) is 5.75 Å². The second kappa shape index (κ2) is 4.49. The zero-order valence-electron chi connectivity index (χ0n) is 11.0. The summed E-state index contributed by atoms with van der Waals surface area (Å²) in [4.78, 5) is 13.9. The highest BCUT2D eigenvalue weighted by atomic mass is 16.5. The molecule has 0 saturated carbocycles. The monoisotopic (exact) mass is 249 g/mol. The number of amides is 1. The highest BCUT2D eigenvalue weighted by molar-refractivity contribution is 5.99. The first kappa shape index (κ1) is 12.7. The Morgan fingerprint density at radius 3 is 2.89 bits per heavy atom. The summed E-state index contributed by atoms with van der Waals surface area (Å²) < 4.78 is 5.43. The molecule has 1 aromatic carbocycles. The van der Waals surface area contributed by atoms with E-state index in [0.29, 0.717) is 18.0 Å². The zero-order chi connectivity index (χ0) is 13.3. The zero-order valence-corrected chi connectivity index (χ0v) is 11.0. The summed E-state index contributed by atoms with van der Waals surface area (Å²) >= 11 is 0. The lowest BCUT2D eigenvalue weighted by molar-refractivity contribution is -0.122. The molecule has 1 aliphatic rings. The molecule has 0 radical (unpaired) electrons. The van der Waals surface area contributed by atoms with E-state index in [1.54, 1.807) is 23.1 Å². The van der Waals surface area contributed by atoms with Gasteiger partial charge in [-0.2, -0.15) is 0 Å². The number of hydrogen-bond donors (Lipinski definition) is 2. The number of nitrogens with one attached hydrogen (secondary N) is 1. The summed E-state index contributed by atoms with van der Waals surface area (Å²) in [6.45, 7) is 4.79. The highest BCUT2D eigenvalue weighted by Gasteiger charge is 2.36. The average Bonchev–Trinajstić information content (AvgIpc) is 2.27. The third-order valence-corrected chi connectivity index (χ3v) is 3.04. The molecule has 1 amide bonds. The van der Waals surface area contributed by atoms with Crippen molar-refractivity contribution in [2.75, 3.05) is 30.8 Å². The number of likely N-dealkylation sites (N-methyl/N-ethyl adjacent to an activating group) is 1. The van der Waals surface area contributed by atoms with Gasteiger partial charge < -0.3 is 15.8 Å². The number of benzene rings is 1. The number of hydrogen-bond acceptors (Lipinski definition) is 4. The van der Waals surface area contributed by atoms with Crippen LogP contribution in [-0.4, -0.2) is 31.6 Å². The molecule has 0 unspecified atom stereocenters. The number of carbonyl (C=O) groups is 1. The number of nitrogens with two attached hydrogens (primary N) is 1. The van der Waals surface area contributed by atoms with Crippen LogP contribution in [0.4, 0.5) is 11.4 Å². The summed E-state index contributed by atoms with van der Waals surface area (Å²) in [6.07, 6.45) is 0. The Hall–Kier alpha value is -1.75. The second-order valence-electron chi connectivity index (χ2n) is 5.09. The van der Waals surface area contributed by atoms with Gasteiger partial charge >= 0.3 is 0 Å². The predicted molar refractivity (Wildman–Crippen MR) is 71.8 cm³/mol. The van der Waals surface area contributed by atoms with Crippen LogP contribution in [0.25, 0.3) is 0 Å².